The second-order valence-corrected chi connectivity index (χ2v) is 3.03. The topological polar surface area (TPSA) is 24.9 Å². The number of hydrogen-bond acceptors (Lipinski definition) is 2. The molecule has 0 amide bonds. The van der Waals surface area contributed by atoms with Gasteiger partial charge in [-0.3, -0.25) is 4.98 Å². The van der Waals surface area contributed by atoms with Gasteiger partial charge in [-0.15, -0.1) is 0 Å². The van der Waals surface area contributed by atoms with Gasteiger partial charge in [-0.1, -0.05) is 6.07 Å². The number of aromatic nitrogens is 1. The molecule has 0 spiro atoms. The van der Waals surface area contributed by atoms with E-state index in [1.54, 1.807) is 12.1 Å². The third kappa shape index (κ3) is 3.83. The van der Waals surface area contributed by atoms with Gasteiger partial charge in [0.1, 0.15) is 0 Å². The fourth-order valence-electron chi connectivity index (χ4n) is 0.953. The lowest BCUT2D eigenvalue weighted by Gasteiger charge is -2.15. The second-order valence-electron chi connectivity index (χ2n) is 3.03. The molecule has 0 atom stereocenters. The van der Waals surface area contributed by atoms with Crippen LogP contribution in [0, 0.1) is 0 Å². The summed E-state index contributed by atoms with van der Waals surface area (Å²) in [6, 6.07) is 3.31. The van der Waals surface area contributed by atoms with Crippen molar-refractivity contribution in [1.82, 2.24) is 10.3 Å². The van der Waals surface area contributed by atoms with E-state index in [1.165, 1.54) is 12.4 Å². The fraction of sp³-hybridized carbons (Fsp3) is 0.444. The molecule has 0 aliphatic rings. The highest BCUT2D eigenvalue weighted by atomic mass is 19.3. The maximum Gasteiger partial charge on any atom is 0.319 e. The number of halogens is 4. The van der Waals surface area contributed by atoms with Crippen LogP contribution in [0.25, 0.3) is 0 Å². The molecular formula is C9H10F4N2. The highest BCUT2D eigenvalue weighted by molar-refractivity contribution is 5.07. The van der Waals surface area contributed by atoms with Crippen molar-refractivity contribution < 1.29 is 17.6 Å². The van der Waals surface area contributed by atoms with Crippen LogP contribution in [0.4, 0.5) is 17.6 Å². The molecule has 1 rings (SSSR count). The van der Waals surface area contributed by atoms with E-state index in [4.69, 9.17) is 0 Å². The minimum atomic E-state index is -3.98. The number of pyridine rings is 1. The zero-order chi connectivity index (χ0) is 11.3. The highest BCUT2D eigenvalue weighted by Crippen LogP contribution is 2.21. The number of nitrogens with zero attached hydrogens (tertiary/aromatic N) is 1. The maximum atomic E-state index is 12.4. The summed E-state index contributed by atoms with van der Waals surface area (Å²) in [6.07, 6.45) is -0.621. The molecule has 84 valence electrons. The third-order valence-corrected chi connectivity index (χ3v) is 1.73. The van der Waals surface area contributed by atoms with Gasteiger partial charge in [0.25, 0.3) is 0 Å². The Balaban J connectivity index is 2.34. The van der Waals surface area contributed by atoms with Crippen LogP contribution in [0.15, 0.2) is 24.5 Å². The van der Waals surface area contributed by atoms with Gasteiger partial charge in [-0.25, -0.2) is 8.78 Å². The molecule has 0 radical (unpaired) electrons. The van der Waals surface area contributed by atoms with E-state index < -0.39 is 18.9 Å². The molecule has 0 saturated heterocycles. The van der Waals surface area contributed by atoms with E-state index in [0.717, 1.165) is 0 Å². The van der Waals surface area contributed by atoms with Crippen LogP contribution in [-0.4, -0.2) is 23.9 Å². The minimum absolute atomic E-state index is 0.0934. The van der Waals surface area contributed by atoms with Gasteiger partial charge in [-0.05, 0) is 11.6 Å². The molecule has 0 saturated carbocycles. The molecule has 0 bridgehead atoms. The average Bonchev–Trinajstić information content (AvgIpc) is 2.19. The van der Waals surface area contributed by atoms with Crippen LogP contribution >= 0.6 is 0 Å². The Bertz CT molecular complexity index is 289. The monoisotopic (exact) mass is 222 g/mol. The first-order valence-electron chi connectivity index (χ1n) is 4.28. The summed E-state index contributed by atoms with van der Waals surface area (Å²) in [4.78, 5) is 3.76. The summed E-state index contributed by atoms with van der Waals surface area (Å²) >= 11 is 0. The maximum absolute atomic E-state index is 12.4. The normalized spacial score (nSPS) is 12.1. The Labute approximate surface area is 84.3 Å². The van der Waals surface area contributed by atoms with E-state index in [2.05, 4.69) is 10.3 Å². The molecule has 0 aliphatic carbocycles. The standard InChI is InChI=1S/C9H10F4N2/c10-8(11)9(12,13)6-15-5-7-2-1-3-14-4-7/h1-4,8,15H,5-6H2. The molecule has 1 aromatic rings. The lowest BCUT2D eigenvalue weighted by atomic mass is 10.2. The summed E-state index contributed by atoms with van der Waals surface area (Å²) in [6.45, 7) is -0.949. The van der Waals surface area contributed by atoms with Gasteiger partial charge in [0.15, 0.2) is 0 Å². The Kier molecular flexibility index (Phi) is 4.02. The van der Waals surface area contributed by atoms with E-state index in [1.807, 2.05) is 0 Å². The highest BCUT2D eigenvalue weighted by Gasteiger charge is 2.39. The Hall–Kier alpha value is -1.17. The third-order valence-electron chi connectivity index (χ3n) is 1.73. The molecule has 6 heteroatoms. The number of rotatable bonds is 5. The molecule has 0 aliphatic heterocycles. The van der Waals surface area contributed by atoms with Gasteiger partial charge < -0.3 is 5.32 Å². The molecule has 0 unspecified atom stereocenters. The van der Waals surface area contributed by atoms with Crippen LogP contribution in [-0.2, 0) is 6.54 Å². The zero-order valence-corrected chi connectivity index (χ0v) is 7.76. The first kappa shape index (κ1) is 11.9. The molecular weight excluding hydrogens is 212 g/mol. The van der Waals surface area contributed by atoms with Crippen molar-refractivity contribution in [3.8, 4) is 0 Å². The molecule has 0 aromatic carbocycles. The van der Waals surface area contributed by atoms with Crippen molar-refractivity contribution in [2.75, 3.05) is 6.54 Å². The molecule has 1 N–H and O–H groups in total. The van der Waals surface area contributed by atoms with Crippen LogP contribution in [0.5, 0.6) is 0 Å². The predicted octanol–water partition coefficient (Wildman–Crippen LogP) is 2.07. The van der Waals surface area contributed by atoms with Gasteiger partial charge in [0, 0.05) is 18.9 Å². The van der Waals surface area contributed by atoms with Crippen LogP contribution in [0.1, 0.15) is 5.56 Å². The lowest BCUT2D eigenvalue weighted by molar-refractivity contribution is -0.125. The van der Waals surface area contributed by atoms with Gasteiger partial charge in [-0.2, -0.15) is 8.78 Å². The number of nitrogens with one attached hydrogen (secondary N) is 1. The summed E-state index contributed by atoms with van der Waals surface area (Å²) in [7, 11) is 0. The van der Waals surface area contributed by atoms with Gasteiger partial charge in [0.05, 0.1) is 6.54 Å². The summed E-state index contributed by atoms with van der Waals surface area (Å²) in [5.41, 5.74) is 0.669. The molecule has 1 aromatic heterocycles. The van der Waals surface area contributed by atoms with Crippen molar-refractivity contribution in [3.05, 3.63) is 30.1 Å². The quantitative estimate of drug-likeness (QED) is 0.771. The zero-order valence-electron chi connectivity index (χ0n) is 7.76. The van der Waals surface area contributed by atoms with Gasteiger partial charge >= 0.3 is 12.3 Å². The fourth-order valence-corrected chi connectivity index (χ4v) is 0.953. The smallest absolute Gasteiger partial charge is 0.307 e. The Morgan fingerprint density at radius 1 is 1.40 bits per heavy atom. The Morgan fingerprint density at radius 3 is 2.67 bits per heavy atom. The SMILES string of the molecule is FC(F)C(F)(F)CNCc1cccnc1. The van der Waals surface area contributed by atoms with E-state index in [-0.39, 0.29) is 6.54 Å². The van der Waals surface area contributed by atoms with Crippen molar-refractivity contribution in [2.45, 2.75) is 18.9 Å². The summed E-state index contributed by atoms with van der Waals surface area (Å²) in [5.74, 6) is -3.98. The van der Waals surface area contributed by atoms with E-state index in [9.17, 15) is 17.6 Å². The van der Waals surface area contributed by atoms with Crippen LogP contribution in [0.2, 0.25) is 0 Å². The molecule has 0 fully saturated rings. The van der Waals surface area contributed by atoms with Crippen molar-refractivity contribution in [3.63, 3.8) is 0 Å². The van der Waals surface area contributed by atoms with E-state index >= 15 is 0 Å². The first-order chi connectivity index (χ1) is 7.02. The summed E-state index contributed by atoms with van der Waals surface area (Å²) < 4.78 is 48.3. The van der Waals surface area contributed by atoms with Crippen molar-refractivity contribution in [1.29, 1.82) is 0 Å². The largest absolute Gasteiger partial charge is 0.319 e. The average molecular weight is 222 g/mol. The number of alkyl halides is 4. The van der Waals surface area contributed by atoms with E-state index in [0.29, 0.717) is 5.56 Å². The molecule has 2 nitrogen and oxygen atoms in total. The van der Waals surface area contributed by atoms with Crippen LogP contribution in [0.3, 0.4) is 0 Å². The number of hydrogen-bond donors (Lipinski definition) is 1. The van der Waals surface area contributed by atoms with Crippen molar-refractivity contribution in [2.24, 2.45) is 0 Å². The molecule has 1 heterocycles. The lowest BCUT2D eigenvalue weighted by Crippen LogP contribution is -2.38. The summed E-state index contributed by atoms with van der Waals surface area (Å²) in [5, 5.41) is 2.25. The van der Waals surface area contributed by atoms with Gasteiger partial charge in [0.2, 0.25) is 0 Å². The molecule has 15 heavy (non-hydrogen) atoms. The minimum Gasteiger partial charge on any atom is -0.307 e. The first-order valence-corrected chi connectivity index (χ1v) is 4.28. The van der Waals surface area contributed by atoms with Crippen LogP contribution < -0.4 is 5.32 Å². The second kappa shape index (κ2) is 5.06. The van der Waals surface area contributed by atoms with Crippen molar-refractivity contribution >= 4 is 0 Å². The predicted molar refractivity (Wildman–Crippen MR) is 46.9 cm³/mol. The Morgan fingerprint density at radius 2 is 2.13 bits per heavy atom.